The number of morpholine rings is 1. The molecule has 1 aromatic carbocycles. The number of ether oxygens (including phenoxy) is 1. The summed E-state index contributed by atoms with van der Waals surface area (Å²) >= 11 is 0. The highest BCUT2D eigenvalue weighted by Crippen LogP contribution is 2.25. The van der Waals surface area contributed by atoms with Gasteiger partial charge in [-0.05, 0) is 35.7 Å². The summed E-state index contributed by atoms with van der Waals surface area (Å²) < 4.78 is 5.96. The molecule has 110 valence electrons. The molecule has 0 bridgehead atoms. The number of hydrogen-bond acceptors (Lipinski definition) is 4. The van der Waals surface area contributed by atoms with Crippen LogP contribution in [0.2, 0.25) is 0 Å². The second-order valence-corrected chi connectivity index (χ2v) is 5.54. The first kappa shape index (κ1) is 14.0. The van der Waals surface area contributed by atoms with Gasteiger partial charge in [0.25, 0.3) is 0 Å². The molecule has 4 nitrogen and oxygen atoms in total. The van der Waals surface area contributed by atoms with Crippen LogP contribution < -0.4 is 5.73 Å². The third kappa shape index (κ3) is 3.40. The van der Waals surface area contributed by atoms with Gasteiger partial charge in [-0.25, -0.2) is 4.98 Å². The number of aromatic nitrogens is 1. The molecule has 4 heteroatoms. The first-order valence-electron chi connectivity index (χ1n) is 7.32. The van der Waals surface area contributed by atoms with E-state index in [4.69, 9.17) is 10.5 Å². The van der Waals surface area contributed by atoms with Gasteiger partial charge in [0.2, 0.25) is 0 Å². The van der Waals surface area contributed by atoms with E-state index in [1.807, 2.05) is 12.1 Å². The second kappa shape index (κ2) is 6.24. The molecule has 1 fully saturated rings. The number of anilines is 1. The molecule has 0 amide bonds. The fourth-order valence-corrected chi connectivity index (χ4v) is 2.83. The molecule has 3 rings (SSSR count). The second-order valence-electron chi connectivity index (χ2n) is 5.54. The molecule has 1 saturated heterocycles. The smallest absolute Gasteiger partial charge is 0.123 e. The predicted molar refractivity (Wildman–Crippen MR) is 83.8 cm³/mol. The van der Waals surface area contributed by atoms with Crippen LogP contribution in [0.15, 0.2) is 42.6 Å². The Balaban J connectivity index is 1.70. The number of nitrogens with two attached hydrogens (primary N) is 1. The minimum atomic E-state index is 0.152. The van der Waals surface area contributed by atoms with Gasteiger partial charge in [-0.3, -0.25) is 4.90 Å². The lowest BCUT2D eigenvalue weighted by Crippen LogP contribution is -2.38. The molecule has 0 saturated carbocycles. The Morgan fingerprint density at radius 1 is 1.33 bits per heavy atom. The highest BCUT2D eigenvalue weighted by atomic mass is 16.5. The molecule has 21 heavy (non-hydrogen) atoms. The summed E-state index contributed by atoms with van der Waals surface area (Å²) in [5, 5.41) is 0. The first-order chi connectivity index (χ1) is 10.2. The molecule has 0 aliphatic carbocycles. The van der Waals surface area contributed by atoms with Gasteiger partial charge < -0.3 is 10.5 Å². The van der Waals surface area contributed by atoms with Gasteiger partial charge in [0.05, 0.1) is 12.7 Å². The molecule has 1 aliphatic rings. The monoisotopic (exact) mass is 283 g/mol. The quantitative estimate of drug-likeness (QED) is 0.940. The third-order valence-corrected chi connectivity index (χ3v) is 3.94. The van der Waals surface area contributed by atoms with Gasteiger partial charge in [-0.2, -0.15) is 0 Å². The van der Waals surface area contributed by atoms with Gasteiger partial charge >= 0.3 is 0 Å². The van der Waals surface area contributed by atoms with Crippen molar-refractivity contribution in [2.24, 2.45) is 0 Å². The van der Waals surface area contributed by atoms with Crippen LogP contribution in [-0.4, -0.2) is 29.6 Å². The summed E-state index contributed by atoms with van der Waals surface area (Å²) in [5.74, 6) is 0.580. The van der Waals surface area contributed by atoms with E-state index in [0.717, 1.165) is 26.2 Å². The van der Waals surface area contributed by atoms with Gasteiger partial charge in [0.1, 0.15) is 5.82 Å². The van der Waals surface area contributed by atoms with Gasteiger partial charge in [0, 0.05) is 25.8 Å². The lowest BCUT2D eigenvalue weighted by atomic mass is 10.0. The third-order valence-electron chi connectivity index (χ3n) is 3.94. The molecule has 2 N–H and O–H groups in total. The lowest BCUT2D eigenvalue weighted by Gasteiger charge is -2.33. The first-order valence-corrected chi connectivity index (χ1v) is 7.32. The van der Waals surface area contributed by atoms with Crippen LogP contribution in [0.3, 0.4) is 0 Å². The number of nitrogens with zero attached hydrogens (tertiary/aromatic N) is 2. The standard InChI is InChI=1S/C17H21N3O/c1-13-4-2-3-5-15(13)16-12-20(8-9-21-16)11-14-6-7-19-17(18)10-14/h2-7,10,16H,8-9,11-12H2,1H3,(H2,18,19). The summed E-state index contributed by atoms with van der Waals surface area (Å²) in [6.45, 7) is 5.65. The van der Waals surface area contributed by atoms with E-state index < -0.39 is 0 Å². The Kier molecular flexibility index (Phi) is 4.18. The van der Waals surface area contributed by atoms with E-state index in [-0.39, 0.29) is 6.10 Å². The van der Waals surface area contributed by atoms with Crippen molar-refractivity contribution < 1.29 is 4.74 Å². The number of benzene rings is 1. The maximum Gasteiger partial charge on any atom is 0.123 e. The van der Waals surface area contributed by atoms with Crippen LogP contribution in [0.1, 0.15) is 22.8 Å². The van der Waals surface area contributed by atoms with E-state index in [1.54, 1.807) is 6.20 Å². The SMILES string of the molecule is Cc1ccccc1C1CN(Cc2ccnc(N)c2)CCO1. The zero-order chi connectivity index (χ0) is 14.7. The van der Waals surface area contributed by atoms with Crippen LogP contribution in [0.5, 0.6) is 0 Å². The van der Waals surface area contributed by atoms with E-state index in [1.165, 1.54) is 16.7 Å². The van der Waals surface area contributed by atoms with Gasteiger partial charge in [-0.15, -0.1) is 0 Å². The Hall–Kier alpha value is -1.91. The number of aryl methyl sites for hydroxylation is 1. The van der Waals surface area contributed by atoms with Crippen LogP contribution in [0.25, 0.3) is 0 Å². The van der Waals surface area contributed by atoms with Crippen molar-refractivity contribution in [1.82, 2.24) is 9.88 Å². The zero-order valence-corrected chi connectivity index (χ0v) is 12.3. The average Bonchev–Trinajstić information content (AvgIpc) is 2.48. The minimum Gasteiger partial charge on any atom is -0.384 e. The Bertz CT molecular complexity index is 614. The average molecular weight is 283 g/mol. The summed E-state index contributed by atoms with van der Waals surface area (Å²) in [6, 6.07) is 12.4. The van der Waals surface area contributed by atoms with E-state index in [0.29, 0.717) is 5.82 Å². The van der Waals surface area contributed by atoms with Crippen molar-refractivity contribution >= 4 is 5.82 Å². The highest BCUT2D eigenvalue weighted by molar-refractivity contribution is 5.32. The summed E-state index contributed by atoms with van der Waals surface area (Å²) in [6.07, 6.45) is 1.92. The Labute approximate surface area is 125 Å². The fourth-order valence-electron chi connectivity index (χ4n) is 2.83. The van der Waals surface area contributed by atoms with Crippen LogP contribution in [0.4, 0.5) is 5.82 Å². The molecule has 1 unspecified atom stereocenters. The fraction of sp³-hybridized carbons (Fsp3) is 0.353. The van der Waals surface area contributed by atoms with Crippen molar-refractivity contribution in [2.45, 2.75) is 19.6 Å². The minimum absolute atomic E-state index is 0.152. The molecule has 0 radical (unpaired) electrons. The van der Waals surface area contributed by atoms with E-state index >= 15 is 0 Å². The molecule has 0 spiro atoms. The molecular weight excluding hydrogens is 262 g/mol. The largest absolute Gasteiger partial charge is 0.384 e. The summed E-state index contributed by atoms with van der Waals surface area (Å²) in [5.41, 5.74) is 9.53. The topological polar surface area (TPSA) is 51.4 Å². The summed E-state index contributed by atoms with van der Waals surface area (Å²) in [4.78, 5) is 6.45. The van der Waals surface area contributed by atoms with Crippen molar-refractivity contribution in [3.05, 3.63) is 59.3 Å². The zero-order valence-electron chi connectivity index (χ0n) is 12.3. The highest BCUT2D eigenvalue weighted by Gasteiger charge is 2.23. The Morgan fingerprint density at radius 3 is 3.00 bits per heavy atom. The van der Waals surface area contributed by atoms with Crippen molar-refractivity contribution in [3.8, 4) is 0 Å². The van der Waals surface area contributed by atoms with Crippen LogP contribution >= 0.6 is 0 Å². The molecule has 2 aromatic rings. The molecule has 1 aliphatic heterocycles. The van der Waals surface area contributed by atoms with Crippen LogP contribution in [0, 0.1) is 6.92 Å². The van der Waals surface area contributed by atoms with E-state index in [2.05, 4.69) is 41.1 Å². The van der Waals surface area contributed by atoms with Crippen LogP contribution in [-0.2, 0) is 11.3 Å². The van der Waals surface area contributed by atoms with Gasteiger partial charge in [-0.1, -0.05) is 24.3 Å². The Morgan fingerprint density at radius 2 is 2.19 bits per heavy atom. The van der Waals surface area contributed by atoms with E-state index in [9.17, 15) is 0 Å². The number of nitrogen functional groups attached to an aromatic ring is 1. The van der Waals surface area contributed by atoms with Crippen molar-refractivity contribution in [3.63, 3.8) is 0 Å². The summed E-state index contributed by atoms with van der Waals surface area (Å²) in [7, 11) is 0. The number of rotatable bonds is 3. The molecule has 2 heterocycles. The normalized spacial score (nSPS) is 19.6. The molecule has 1 aromatic heterocycles. The molecular formula is C17H21N3O. The van der Waals surface area contributed by atoms with Crippen molar-refractivity contribution in [1.29, 1.82) is 0 Å². The van der Waals surface area contributed by atoms with Gasteiger partial charge in [0.15, 0.2) is 0 Å². The maximum atomic E-state index is 5.96. The predicted octanol–water partition coefficient (Wildman–Crippen LogP) is 2.55. The maximum absolute atomic E-state index is 5.96. The molecule has 1 atom stereocenters. The van der Waals surface area contributed by atoms with Crippen molar-refractivity contribution in [2.75, 3.05) is 25.4 Å². The number of hydrogen-bond donors (Lipinski definition) is 1. The lowest BCUT2D eigenvalue weighted by molar-refractivity contribution is -0.0332. The number of pyridine rings is 1.